The second kappa shape index (κ2) is 9.56. The van der Waals surface area contributed by atoms with E-state index in [1.165, 1.54) is 5.56 Å². The Balaban J connectivity index is 0.00000256. The molecule has 2 aromatic carbocycles. The topological polar surface area (TPSA) is 80.8 Å². The van der Waals surface area contributed by atoms with Crippen LogP contribution in [0, 0.1) is 0 Å². The highest BCUT2D eigenvalue weighted by molar-refractivity contribution is 6.33. The van der Waals surface area contributed by atoms with Gasteiger partial charge in [0.05, 0.1) is 11.6 Å². The lowest BCUT2D eigenvalue weighted by Gasteiger charge is -2.15. The van der Waals surface area contributed by atoms with Crippen molar-refractivity contribution in [3.8, 4) is 17.0 Å². The zero-order valence-corrected chi connectivity index (χ0v) is 18.6. The third kappa shape index (κ3) is 4.44. The number of hydrogen-bond donors (Lipinski definition) is 4. The lowest BCUT2D eigenvalue weighted by Crippen LogP contribution is -2.10. The van der Waals surface area contributed by atoms with E-state index in [0.29, 0.717) is 30.3 Å². The van der Waals surface area contributed by atoms with Gasteiger partial charge in [0.15, 0.2) is 0 Å². The Kier molecular flexibility index (Phi) is 7.29. The molecule has 0 aliphatic carbocycles. The summed E-state index contributed by atoms with van der Waals surface area (Å²) in [5.41, 5.74) is 5.68. The molecule has 0 spiro atoms. The van der Waals surface area contributed by atoms with Crippen LogP contribution < -0.4 is 10.1 Å². The van der Waals surface area contributed by atoms with Gasteiger partial charge < -0.3 is 24.8 Å². The van der Waals surface area contributed by atoms with E-state index in [2.05, 4.69) is 53.6 Å². The van der Waals surface area contributed by atoms with Gasteiger partial charge in [-0.25, -0.2) is 0 Å². The van der Waals surface area contributed by atoms with Crippen LogP contribution in [0.15, 0.2) is 30.3 Å². The Bertz CT molecular complexity index is 1040. The van der Waals surface area contributed by atoms with Crippen LogP contribution in [0.5, 0.6) is 5.75 Å². The van der Waals surface area contributed by atoms with Crippen molar-refractivity contribution in [2.45, 2.75) is 25.7 Å². The van der Waals surface area contributed by atoms with E-state index in [1.54, 1.807) is 0 Å². The first-order valence-corrected chi connectivity index (χ1v) is 10.1. The predicted octanol–water partition coefficient (Wildman–Crippen LogP) is 3.83. The Morgan fingerprint density at radius 3 is 2.77 bits per heavy atom. The fraction of sp³-hybridized carbons (Fsp3) is 0.364. The number of rotatable bonds is 7. The summed E-state index contributed by atoms with van der Waals surface area (Å²) in [6.07, 6.45) is -0.246. The van der Waals surface area contributed by atoms with Gasteiger partial charge in [0.2, 0.25) is 0 Å². The van der Waals surface area contributed by atoms with Crippen molar-refractivity contribution in [2.24, 2.45) is 0 Å². The molecule has 3 aromatic rings. The highest BCUT2D eigenvalue weighted by atomic mass is 35.5. The molecule has 8 heteroatoms. The number of nitrogens with one attached hydrogen (secondary N) is 2. The minimum absolute atomic E-state index is 0. The first-order valence-electron chi connectivity index (χ1n) is 9.75. The maximum Gasteiger partial charge on any atom is 0.138 e. The van der Waals surface area contributed by atoms with Crippen LogP contribution in [0.3, 0.4) is 0 Å². The number of benzene rings is 2. The van der Waals surface area contributed by atoms with Crippen LogP contribution in [-0.4, -0.2) is 47.4 Å². The summed E-state index contributed by atoms with van der Waals surface area (Å²) < 4.78 is 5.82. The summed E-state index contributed by atoms with van der Waals surface area (Å²) in [4.78, 5) is 5.60. The van der Waals surface area contributed by atoms with Crippen LogP contribution in [0.1, 0.15) is 29.3 Å². The molecule has 1 aliphatic rings. The summed E-state index contributed by atoms with van der Waals surface area (Å²) in [7, 11) is 4.10. The molecule has 1 unspecified atom stereocenters. The number of hydrogen-bond acceptors (Lipinski definition) is 5. The minimum atomic E-state index is -0.778. The normalized spacial score (nSPS) is 15.5. The minimum Gasteiger partial charge on any atom is -0.492 e. The molecule has 4 N–H and O–H groups in total. The maximum absolute atomic E-state index is 10.5. The van der Waals surface area contributed by atoms with Gasteiger partial charge in [-0.15, -0.1) is 12.4 Å². The van der Waals surface area contributed by atoms with E-state index >= 15 is 0 Å². The summed E-state index contributed by atoms with van der Waals surface area (Å²) in [5, 5.41) is 24.2. The zero-order valence-electron chi connectivity index (χ0n) is 17.0. The summed E-state index contributed by atoms with van der Waals surface area (Å²) in [6, 6.07) is 10.4. The molecule has 6 nitrogen and oxygen atoms in total. The number of halogens is 2. The summed E-state index contributed by atoms with van der Waals surface area (Å²) >= 11 is 6.55. The number of H-pyrrole nitrogens is 1. The van der Waals surface area contributed by atoms with E-state index in [0.717, 1.165) is 39.8 Å². The van der Waals surface area contributed by atoms with Gasteiger partial charge in [-0.05, 0) is 49.5 Å². The molecule has 4 rings (SSSR count). The van der Waals surface area contributed by atoms with Crippen molar-refractivity contribution in [3.63, 3.8) is 0 Å². The van der Waals surface area contributed by atoms with Crippen molar-refractivity contribution < 1.29 is 14.9 Å². The molecule has 0 bridgehead atoms. The van der Waals surface area contributed by atoms with Crippen LogP contribution in [0.4, 0.5) is 0 Å². The molecule has 162 valence electrons. The van der Waals surface area contributed by atoms with Gasteiger partial charge in [0, 0.05) is 53.8 Å². The lowest BCUT2D eigenvalue weighted by atomic mass is 9.99. The molecule has 0 radical (unpaired) electrons. The molecule has 30 heavy (non-hydrogen) atoms. The summed E-state index contributed by atoms with van der Waals surface area (Å²) in [5.74, 6) is 0.566. The fourth-order valence-electron chi connectivity index (χ4n) is 3.85. The quantitative estimate of drug-likeness (QED) is 0.410. The number of aliphatic hydroxyl groups excluding tert-OH is 2. The second-order valence-corrected chi connectivity index (χ2v) is 8.06. The number of fused-ring (bicyclic) bond motifs is 2. The van der Waals surface area contributed by atoms with E-state index in [-0.39, 0.29) is 19.0 Å². The largest absolute Gasteiger partial charge is 0.492 e. The molecule has 0 amide bonds. The molecular weight excluding hydrogens is 425 g/mol. The van der Waals surface area contributed by atoms with E-state index in [4.69, 9.17) is 21.4 Å². The first kappa shape index (κ1) is 22.9. The number of nitrogens with zero attached hydrogens (tertiary/aromatic N) is 1. The second-order valence-electron chi connectivity index (χ2n) is 7.68. The van der Waals surface area contributed by atoms with Crippen molar-refractivity contribution >= 4 is 34.9 Å². The Hall–Kier alpha value is -1.80. The van der Waals surface area contributed by atoms with Crippen molar-refractivity contribution in [1.29, 1.82) is 0 Å². The molecule has 0 fully saturated rings. The third-order valence-corrected chi connectivity index (χ3v) is 5.57. The molecular formula is C22H27Cl2N3O3. The average molecular weight is 452 g/mol. The number of aromatic nitrogens is 1. The van der Waals surface area contributed by atoms with Crippen LogP contribution >= 0.6 is 24.0 Å². The highest BCUT2D eigenvalue weighted by Gasteiger charge is 2.29. The van der Waals surface area contributed by atoms with Gasteiger partial charge in [-0.3, -0.25) is 5.32 Å². The Morgan fingerprint density at radius 2 is 2.03 bits per heavy atom. The van der Waals surface area contributed by atoms with Crippen LogP contribution in [-0.2, 0) is 13.1 Å². The number of aliphatic hydroxyl groups is 2. The standard InChI is InChI=1S/C22H26ClN3O3.ClH/c1-26(2)12-13-4-5-17-14(8-13)9-18(25-17)15-10-19(29-7-3-6-27)21(23)16-11-24-22(28)20(15)16;/h4-5,8-10,22,24-25,27-28H,3,6-7,11-12H2,1-2H3;1H. The van der Waals surface area contributed by atoms with E-state index < -0.39 is 6.23 Å². The highest BCUT2D eigenvalue weighted by Crippen LogP contribution is 2.43. The molecule has 1 atom stereocenters. The first-order chi connectivity index (χ1) is 14.0. The Morgan fingerprint density at radius 1 is 1.23 bits per heavy atom. The average Bonchev–Trinajstić information content (AvgIpc) is 3.27. The number of aromatic amines is 1. The smallest absolute Gasteiger partial charge is 0.138 e. The van der Waals surface area contributed by atoms with Crippen molar-refractivity contribution in [3.05, 3.63) is 52.0 Å². The van der Waals surface area contributed by atoms with E-state index in [1.807, 2.05) is 6.07 Å². The predicted molar refractivity (Wildman–Crippen MR) is 122 cm³/mol. The fourth-order valence-corrected chi connectivity index (χ4v) is 4.13. The zero-order chi connectivity index (χ0) is 20.5. The molecule has 0 saturated carbocycles. The van der Waals surface area contributed by atoms with E-state index in [9.17, 15) is 5.11 Å². The van der Waals surface area contributed by atoms with Gasteiger partial charge in [0.1, 0.15) is 12.0 Å². The van der Waals surface area contributed by atoms with Crippen molar-refractivity contribution in [1.82, 2.24) is 15.2 Å². The monoisotopic (exact) mass is 451 g/mol. The SMILES string of the molecule is CN(C)Cc1ccc2[nH]c(-c3cc(OCCCO)c(Cl)c4c3C(O)NC4)cc2c1.Cl. The molecule has 1 aromatic heterocycles. The van der Waals surface area contributed by atoms with Gasteiger partial charge in [-0.2, -0.15) is 0 Å². The van der Waals surface area contributed by atoms with Crippen molar-refractivity contribution in [2.75, 3.05) is 27.3 Å². The van der Waals surface area contributed by atoms with Gasteiger partial charge >= 0.3 is 0 Å². The van der Waals surface area contributed by atoms with Gasteiger partial charge in [-0.1, -0.05) is 17.7 Å². The molecule has 1 aliphatic heterocycles. The Labute approximate surface area is 187 Å². The maximum atomic E-state index is 10.5. The van der Waals surface area contributed by atoms with Crippen LogP contribution in [0.2, 0.25) is 5.02 Å². The van der Waals surface area contributed by atoms with Gasteiger partial charge in [0.25, 0.3) is 0 Å². The molecule has 0 saturated heterocycles. The van der Waals surface area contributed by atoms with Crippen LogP contribution in [0.25, 0.3) is 22.2 Å². The lowest BCUT2D eigenvalue weighted by molar-refractivity contribution is 0.152. The molecule has 2 heterocycles. The summed E-state index contributed by atoms with van der Waals surface area (Å²) in [6.45, 7) is 1.79. The third-order valence-electron chi connectivity index (χ3n) is 5.15. The number of ether oxygens (including phenoxy) is 1.